The highest BCUT2D eigenvalue weighted by atomic mass is 35.5. The third-order valence-electron chi connectivity index (χ3n) is 2.27. The molecule has 1 atom stereocenters. The van der Waals surface area contributed by atoms with Gasteiger partial charge in [-0.25, -0.2) is 8.78 Å². The van der Waals surface area contributed by atoms with Gasteiger partial charge in [0.05, 0.1) is 11.1 Å². The first-order valence-electron chi connectivity index (χ1n) is 4.91. The molecule has 1 aromatic heterocycles. The molecule has 0 aliphatic carbocycles. The minimum atomic E-state index is -0.798. The summed E-state index contributed by atoms with van der Waals surface area (Å²) in [5.74, 6) is -1.28. The minimum absolute atomic E-state index is 0.158. The van der Waals surface area contributed by atoms with Crippen molar-refractivity contribution < 1.29 is 13.9 Å². The number of benzene rings is 1. The monoisotopic (exact) mass is 274 g/mol. The fourth-order valence-electron chi connectivity index (χ4n) is 1.56. The molecule has 0 saturated carbocycles. The van der Waals surface area contributed by atoms with Crippen LogP contribution in [0.3, 0.4) is 0 Å². The number of rotatable bonds is 3. The molecule has 1 aromatic carbocycles. The Hall–Kier alpha value is -0.970. The van der Waals surface area contributed by atoms with Crippen molar-refractivity contribution in [2.45, 2.75) is 12.5 Å². The third kappa shape index (κ3) is 3.25. The van der Waals surface area contributed by atoms with Gasteiger partial charge in [-0.2, -0.15) is 0 Å². The molecule has 0 aliphatic rings. The Morgan fingerprint density at radius 2 is 1.82 bits per heavy atom. The topological polar surface area (TPSA) is 20.2 Å². The standard InChI is InChI=1S/C12H9ClF2OS/c13-8-4-12(17-6-8)11(16)3-7-1-9(14)5-10(15)2-7/h1-2,4-6,11,16H,3H2. The van der Waals surface area contributed by atoms with Crippen molar-refractivity contribution >= 4 is 22.9 Å². The minimum Gasteiger partial charge on any atom is -0.387 e. The molecular formula is C12H9ClF2OS. The number of aliphatic hydroxyl groups is 1. The molecule has 1 unspecified atom stereocenters. The average molecular weight is 275 g/mol. The first-order chi connectivity index (χ1) is 8.04. The van der Waals surface area contributed by atoms with Crippen LogP contribution >= 0.6 is 22.9 Å². The van der Waals surface area contributed by atoms with E-state index < -0.39 is 17.7 Å². The summed E-state index contributed by atoms with van der Waals surface area (Å²) in [4.78, 5) is 0.680. The second kappa shape index (κ2) is 5.12. The molecule has 0 aliphatic heterocycles. The van der Waals surface area contributed by atoms with Crippen molar-refractivity contribution in [1.29, 1.82) is 0 Å². The molecule has 2 aromatic rings. The molecule has 0 bridgehead atoms. The molecule has 0 amide bonds. The summed E-state index contributed by atoms with van der Waals surface area (Å²) in [7, 11) is 0. The van der Waals surface area contributed by atoms with Gasteiger partial charge in [-0.05, 0) is 23.8 Å². The van der Waals surface area contributed by atoms with Crippen LogP contribution in [0, 0.1) is 11.6 Å². The van der Waals surface area contributed by atoms with Crippen molar-refractivity contribution in [3.8, 4) is 0 Å². The molecule has 0 radical (unpaired) electrons. The van der Waals surface area contributed by atoms with Gasteiger partial charge in [0, 0.05) is 22.7 Å². The third-order valence-corrected chi connectivity index (χ3v) is 3.65. The summed E-state index contributed by atoms with van der Waals surface area (Å²) in [5, 5.41) is 12.1. The van der Waals surface area contributed by atoms with Gasteiger partial charge in [0.15, 0.2) is 0 Å². The van der Waals surface area contributed by atoms with Crippen molar-refractivity contribution in [2.24, 2.45) is 0 Å². The van der Waals surface area contributed by atoms with Crippen LogP contribution in [-0.2, 0) is 6.42 Å². The highest BCUT2D eigenvalue weighted by Crippen LogP contribution is 2.27. The van der Waals surface area contributed by atoms with Crippen molar-refractivity contribution in [3.63, 3.8) is 0 Å². The Morgan fingerprint density at radius 1 is 1.18 bits per heavy atom. The molecule has 1 heterocycles. The van der Waals surface area contributed by atoms with E-state index in [9.17, 15) is 13.9 Å². The Balaban J connectivity index is 2.15. The molecule has 1 N–H and O–H groups in total. The van der Waals surface area contributed by atoms with E-state index >= 15 is 0 Å². The predicted octanol–water partition coefficient (Wildman–Crippen LogP) is 3.96. The largest absolute Gasteiger partial charge is 0.387 e. The fourth-order valence-corrected chi connectivity index (χ4v) is 2.62. The van der Waals surface area contributed by atoms with E-state index in [1.807, 2.05) is 0 Å². The van der Waals surface area contributed by atoms with Crippen LogP contribution in [0.2, 0.25) is 5.02 Å². The zero-order valence-electron chi connectivity index (χ0n) is 8.66. The highest BCUT2D eigenvalue weighted by Gasteiger charge is 2.12. The zero-order valence-corrected chi connectivity index (χ0v) is 10.2. The van der Waals surface area contributed by atoms with Crippen LogP contribution in [-0.4, -0.2) is 5.11 Å². The quantitative estimate of drug-likeness (QED) is 0.898. The Bertz CT molecular complexity index is 507. The van der Waals surface area contributed by atoms with E-state index in [4.69, 9.17) is 11.6 Å². The smallest absolute Gasteiger partial charge is 0.126 e. The van der Waals surface area contributed by atoms with Crippen LogP contribution in [0.1, 0.15) is 16.5 Å². The van der Waals surface area contributed by atoms with Crippen molar-refractivity contribution in [1.82, 2.24) is 0 Å². The van der Waals surface area contributed by atoms with E-state index in [0.717, 1.165) is 6.07 Å². The first kappa shape index (κ1) is 12.5. The van der Waals surface area contributed by atoms with Crippen LogP contribution in [0.4, 0.5) is 8.78 Å². The summed E-state index contributed by atoms with van der Waals surface area (Å²) in [6.45, 7) is 0. The lowest BCUT2D eigenvalue weighted by atomic mass is 10.1. The molecule has 0 saturated heterocycles. The number of aliphatic hydroxyl groups excluding tert-OH is 1. The van der Waals surface area contributed by atoms with E-state index in [2.05, 4.69) is 0 Å². The van der Waals surface area contributed by atoms with E-state index in [1.54, 1.807) is 11.4 Å². The van der Waals surface area contributed by atoms with Gasteiger partial charge in [0.25, 0.3) is 0 Å². The number of halogens is 3. The number of hydrogen-bond donors (Lipinski definition) is 1. The number of hydrogen-bond acceptors (Lipinski definition) is 2. The first-order valence-corrected chi connectivity index (χ1v) is 6.17. The van der Waals surface area contributed by atoms with Gasteiger partial charge in [-0.15, -0.1) is 11.3 Å². The SMILES string of the molecule is OC(Cc1cc(F)cc(F)c1)c1cc(Cl)cs1. The molecule has 90 valence electrons. The number of thiophene rings is 1. The summed E-state index contributed by atoms with van der Waals surface area (Å²) < 4.78 is 25.9. The highest BCUT2D eigenvalue weighted by molar-refractivity contribution is 7.10. The maximum atomic E-state index is 12.9. The van der Waals surface area contributed by atoms with E-state index in [-0.39, 0.29) is 6.42 Å². The van der Waals surface area contributed by atoms with Gasteiger partial charge >= 0.3 is 0 Å². The molecule has 0 fully saturated rings. The summed E-state index contributed by atoms with van der Waals surface area (Å²) >= 11 is 7.05. The Morgan fingerprint density at radius 3 is 2.35 bits per heavy atom. The second-order valence-electron chi connectivity index (χ2n) is 3.66. The zero-order chi connectivity index (χ0) is 12.4. The maximum Gasteiger partial charge on any atom is 0.126 e. The predicted molar refractivity (Wildman–Crippen MR) is 64.4 cm³/mol. The lowest BCUT2D eigenvalue weighted by molar-refractivity contribution is 0.182. The van der Waals surface area contributed by atoms with Gasteiger partial charge in [-0.1, -0.05) is 11.6 Å². The van der Waals surface area contributed by atoms with Crippen molar-refractivity contribution in [3.05, 3.63) is 56.7 Å². The van der Waals surface area contributed by atoms with Crippen molar-refractivity contribution in [2.75, 3.05) is 0 Å². The maximum absolute atomic E-state index is 12.9. The van der Waals surface area contributed by atoms with Gasteiger partial charge in [-0.3, -0.25) is 0 Å². The molecule has 5 heteroatoms. The molecule has 1 nitrogen and oxygen atoms in total. The van der Waals surface area contributed by atoms with Gasteiger partial charge in [0.1, 0.15) is 11.6 Å². The summed E-state index contributed by atoms with van der Waals surface area (Å²) in [5.41, 5.74) is 0.416. The summed E-state index contributed by atoms with van der Waals surface area (Å²) in [6, 6.07) is 4.87. The van der Waals surface area contributed by atoms with Crippen LogP contribution < -0.4 is 0 Å². The average Bonchev–Trinajstić information content (AvgIpc) is 2.63. The van der Waals surface area contributed by atoms with Crippen LogP contribution in [0.15, 0.2) is 29.6 Å². The Kier molecular flexibility index (Phi) is 3.76. The molecule has 0 spiro atoms. The molecular weight excluding hydrogens is 266 g/mol. The molecule has 17 heavy (non-hydrogen) atoms. The summed E-state index contributed by atoms with van der Waals surface area (Å²) in [6.07, 6.45) is -0.639. The van der Waals surface area contributed by atoms with Crippen LogP contribution in [0.5, 0.6) is 0 Å². The fraction of sp³-hybridized carbons (Fsp3) is 0.167. The van der Waals surface area contributed by atoms with Crippen LogP contribution in [0.25, 0.3) is 0 Å². The second-order valence-corrected chi connectivity index (χ2v) is 5.04. The molecule has 2 rings (SSSR count). The van der Waals surface area contributed by atoms with E-state index in [1.165, 1.54) is 23.5 Å². The van der Waals surface area contributed by atoms with Gasteiger partial charge in [0.2, 0.25) is 0 Å². The van der Waals surface area contributed by atoms with Gasteiger partial charge < -0.3 is 5.11 Å². The lowest BCUT2D eigenvalue weighted by Gasteiger charge is -2.08. The van der Waals surface area contributed by atoms with E-state index in [0.29, 0.717) is 15.5 Å². The lowest BCUT2D eigenvalue weighted by Crippen LogP contribution is -2.00. The normalized spacial score (nSPS) is 12.7. The Labute approximate surface area is 106 Å².